The second kappa shape index (κ2) is 9.63. The van der Waals surface area contributed by atoms with Gasteiger partial charge in [-0.1, -0.05) is 74.0 Å². The Labute approximate surface area is 200 Å². The lowest BCUT2D eigenvalue weighted by Gasteiger charge is -2.36. The van der Waals surface area contributed by atoms with Crippen molar-refractivity contribution < 1.29 is 4.79 Å². The Morgan fingerprint density at radius 3 is 2.15 bits per heavy atom. The normalized spacial score (nSPS) is 14.2. The highest BCUT2D eigenvalue weighted by Crippen LogP contribution is 2.28. The Kier molecular flexibility index (Phi) is 6.25. The van der Waals surface area contributed by atoms with Gasteiger partial charge in [0.25, 0.3) is 0 Å². The molecule has 3 heterocycles. The number of aromatic nitrogens is 4. The molecule has 34 heavy (non-hydrogen) atoms. The van der Waals surface area contributed by atoms with Gasteiger partial charge in [-0.15, -0.1) is 0 Å². The highest BCUT2D eigenvalue weighted by molar-refractivity contribution is 5.87. The summed E-state index contributed by atoms with van der Waals surface area (Å²) >= 11 is 0. The van der Waals surface area contributed by atoms with Crippen LogP contribution in [0.5, 0.6) is 0 Å². The molecule has 0 unspecified atom stereocenters. The minimum absolute atomic E-state index is 0.144. The molecule has 4 aromatic rings. The molecule has 1 fully saturated rings. The third kappa shape index (κ3) is 4.25. The van der Waals surface area contributed by atoms with Crippen molar-refractivity contribution in [1.82, 2.24) is 24.6 Å². The van der Waals surface area contributed by atoms with Crippen LogP contribution in [-0.2, 0) is 18.3 Å². The number of nitrogens with zero attached hydrogens (tertiary/aromatic N) is 6. The van der Waals surface area contributed by atoms with E-state index in [1.165, 1.54) is 0 Å². The summed E-state index contributed by atoms with van der Waals surface area (Å²) in [6.07, 6.45) is 3.79. The number of aryl methyl sites for hydroxylation is 2. The van der Waals surface area contributed by atoms with Crippen molar-refractivity contribution in [1.29, 1.82) is 0 Å². The molecule has 7 heteroatoms. The van der Waals surface area contributed by atoms with Gasteiger partial charge in [-0.3, -0.25) is 9.48 Å². The van der Waals surface area contributed by atoms with Gasteiger partial charge in [0.1, 0.15) is 11.0 Å². The number of carbonyl (C=O) groups excluding carboxylic acids is 1. The Morgan fingerprint density at radius 1 is 0.941 bits per heavy atom. The maximum atomic E-state index is 13.7. The van der Waals surface area contributed by atoms with Crippen molar-refractivity contribution >= 4 is 22.9 Å². The fourth-order valence-corrected chi connectivity index (χ4v) is 4.73. The van der Waals surface area contributed by atoms with E-state index in [-0.39, 0.29) is 11.8 Å². The van der Waals surface area contributed by atoms with Crippen molar-refractivity contribution in [3.8, 4) is 0 Å². The number of amides is 1. The molecule has 1 aliphatic rings. The standard InChI is InChI=1S/C27H30N6O/c1-3-10-22-25-23(31(2)30-22)19-28-27(29-25)33-17-15-32(16-18-33)26(34)24(20-11-6-4-7-12-20)21-13-8-5-9-14-21/h4-9,11-14,19,24H,3,10,15-18H2,1-2H3. The highest BCUT2D eigenvalue weighted by atomic mass is 16.2. The quantitative estimate of drug-likeness (QED) is 0.443. The fraction of sp³-hybridized carbons (Fsp3) is 0.333. The number of carbonyl (C=O) groups is 1. The topological polar surface area (TPSA) is 67.2 Å². The lowest BCUT2D eigenvalue weighted by molar-refractivity contribution is -0.132. The summed E-state index contributed by atoms with van der Waals surface area (Å²) in [6.45, 7) is 4.85. The second-order valence-corrected chi connectivity index (χ2v) is 8.79. The van der Waals surface area contributed by atoms with Crippen LogP contribution in [0.25, 0.3) is 11.0 Å². The van der Waals surface area contributed by atoms with E-state index in [0.29, 0.717) is 32.1 Å². The summed E-state index contributed by atoms with van der Waals surface area (Å²) in [5, 5.41) is 4.62. The fourth-order valence-electron chi connectivity index (χ4n) is 4.73. The van der Waals surface area contributed by atoms with Crippen molar-refractivity contribution in [2.45, 2.75) is 25.7 Å². The van der Waals surface area contributed by atoms with Crippen LogP contribution < -0.4 is 4.90 Å². The third-order valence-corrected chi connectivity index (χ3v) is 6.52. The molecular formula is C27H30N6O. The maximum absolute atomic E-state index is 13.7. The molecule has 7 nitrogen and oxygen atoms in total. The molecule has 0 bridgehead atoms. The van der Waals surface area contributed by atoms with Gasteiger partial charge in [0.15, 0.2) is 0 Å². The van der Waals surface area contributed by atoms with Crippen LogP contribution in [0.2, 0.25) is 0 Å². The second-order valence-electron chi connectivity index (χ2n) is 8.79. The van der Waals surface area contributed by atoms with E-state index in [4.69, 9.17) is 4.98 Å². The summed E-state index contributed by atoms with van der Waals surface area (Å²) in [4.78, 5) is 27.3. The molecule has 0 aliphatic carbocycles. The van der Waals surface area contributed by atoms with Gasteiger partial charge in [0.2, 0.25) is 11.9 Å². The van der Waals surface area contributed by atoms with Crippen LogP contribution in [-0.4, -0.2) is 56.7 Å². The van der Waals surface area contributed by atoms with E-state index in [2.05, 4.69) is 21.9 Å². The maximum Gasteiger partial charge on any atom is 0.234 e. The predicted molar refractivity (Wildman–Crippen MR) is 134 cm³/mol. The third-order valence-electron chi connectivity index (χ3n) is 6.52. The molecule has 1 aliphatic heterocycles. The molecule has 0 saturated carbocycles. The molecule has 1 amide bonds. The number of rotatable bonds is 6. The molecule has 1 saturated heterocycles. The summed E-state index contributed by atoms with van der Waals surface area (Å²) < 4.78 is 1.86. The minimum Gasteiger partial charge on any atom is -0.338 e. The zero-order chi connectivity index (χ0) is 23.5. The number of piperazine rings is 1. The van der Waals surface area contributed by atoms with E-state index in [0.717, 1.165) is 40.7 Å². The van der Waals surface area contributed by atoms with Crippen LogP contribution in [0.4, 0.5) is 5.95 Å². The summed E-state index contributed by atoms with van der Waals surface area (Å²) in [5.74, 6) is 0.562. The molecule has 5 rings (SSSR count). The van der Waals surface area contributed by atoms with E-state index in [9.17, 15) is 4.79 Å². The van der Waals surface area contributed by atoms with E-state index < -0.39 is 0 Å². The van der Waals surface area contributed by atoms with E-state index in [1.54, 1.807) is 0 Å². The Bertz CT molecular complexity index is 1220. The first-order chi connectivity index (χ1) is 16.7. The molecule has 2 aromatic heterocycles. The number of anilines is 1. The van der Waals surface area contributed by atoms with Gasteiger partial charge < -0.3 is 9.80 Å². The minimum atomic E-state index is -0.298. The highest BCUT2D eigenvalue weighted by Gasteiger charge is 2.30. The molecule has 0 N–H and O–H groups in total. The van der Waals surface area contributed by atoms with Crippen LogP contribution in [0.1, 0.15) is 36.1 Å². The van der Waals surface area contributed by atoms with Crippen LogP contribution in [0, 0.1) is 0 Å². The van der Waals surface area contributed by atoms with Gasteiger partial charge in [-0.05, 0) is 17.5 Å². The van der Waals surface area contributed by atoms with Crippen molar-refractivity contribution in [3.63, 3.8) is 0 Å². The summed E-state index contributed by atoms with van der Waals surface area (Å²) in [7, 11) is 1.94. The van der Waals surface area contributed by atoms with Gasteiger partial charge in [0, 0.05) is 33.2 Å². The zero-order valence-corrected chi connectivity index (χ0v) is 19.8. The first-order valence-electron chi connectivity index (χ1n) is 12.0. The Balaban J connectivity index is 1.34. The van der Waals surface area contributed by atoms with E-state index >= 15 is 0 Å². The largest absolute Gasteiger partial charge is 0.338 e. The summed E-state index contributed by atoms with van der Waals surface area (Å²) in [5.41, 5.74) is 4.95. The molecule has 0 radical (unpaired) electrons. The van der Waals surface area contributed by atoms with Crippen molar-refractivity contribution in [2.24, 2.45) is 7.05 Å². The lowest BCUT2D eigenvalue weighted by Crippen LogP contribution is -2.50. The number of hydrogen-bond acceptors (Lipinski definition) is 5. The Morgan fingerprint density at radius 2 is 1.56 bits per heavy atom. The molecule has 0 spiro atoms. The molecular weight excluding hydrogens is 424 g/mol. The molecule has 174 valence electrons. The Hall–Kier alpha value is -3.74. The van der Waals surface area contributed by atoms with E-state index in [1.807, 2.05) is 83.5 Å². The van der Waals surface area contributed by atoms with Crippen LogP contribution in [0.15, 0.2) is 66.9 Å². The number of hydrogen-bond donors (Lipinski definition) is 0. The first kappa shape index (κ1) is 22.1. The monoisotopic (exact) mass is 454 g/mol. The van der Waals surface area contributed by atoms with Gasteiger partial charge in [-0.2, -0.15) is 5.10 Å². The number of benzene rings is 2. The van der Waals surface area contributed by atoms with Gasteiger partial charge in [-0.25, -0.2) is 9.97 Å². The lowest BCUT2D eigenvalue weighted by atomic mass is 9.90. The van der Waals surface area contributed by atoms with Crippen LogP contribution >= 0.6 is 0 Å². The smallest absolute Gasteiger partial charge is 0.234 e. The SMILES string of the molecule is CCCc1nn(C)c2cnc(N3CCN(C(=O)C(c4ccccc4)c4ccccc4)CC3)nc12. The summed E-state index contributed by atoms with van der Waals surface area (Å²) in [6, 6.07) is 20.1. The first-order valence-corrected chi connectivity index (χ1v) is 12.0. The predicted octanol–water partition coefficient (Wildman–Crippen LogP) is 3.80. The zero-order valence-electron chi connectivity index (χ0n) is 19.8. The van der Waals surface area contributed by atoms with Gasteiger partial charge >= 0.3 is 0 Å². The average Bonchev–Trinajstić information content (AvgIpc) is 3.20. The van der Waals surface area contributed by atoms with Crippen molar-refractivity contribution in [3.05, 3.63) is 83.7 Å². The van der Waals surface area contributed by atoms with Crippen LogP contribution in [0.3, 0.4) is 0 Å². The van der Waals surface area contributed by atoms with Gasteiger partial charge in [0.05, 0.1) is 17.8 Å². The molecule has 2 aromatic carbocycles. The van der Waals surface area contributed by atoms with Crippen molar-refractivity contribution in [2.75, 3.05) is 31.1 Å². The number of fused-ring (bicyclic) bond motifs is 1. The average molecular weight is 455 g/mol. The molecule has 0 atom stereocenters.